The van der Waals surface area contributed by atoms with Crippen molar-refractivity contribution < 1.29 is 0 Å². The molecular weight excluding hydrogens is 605 g/mol. The summed E-state index contributed by atoms with van der Waals surface area (Å²) < 4.78 is 2.27. The number of fused-ring (bicyclic) bond motifs is 11. The predicted molar refractivity (Wildman–Crippen MR) is 197 cm³/mol. The molecule has 0 aliphatic carbocycles. The zero-order chi connectivity index (χ0) is 32.0. The van der Waals surface area contributed by atoms with Gasteiger partial charge in [-0.3, -0.25) is 9.97 Å². The first-order chi connectivity index (χ1) is 23.6. The van der Waals surface area contributed by atoms with Crippen molar-refractivity contribution in [1.29, 1.82) is 0 Å². The van der Waals surface area contributed by atoms with Crippen LogP contribution in [0.25, 0.3) is 27.6 Å². The van der Waals surface area contributed by atoms with Crippen molar-refractivity contribution in [2.75, 3.05) is 4.90 Å². The molecule has 0 saturated carbocycles. The molecule has 0 atom stereocenters. The van der Waals surface area contributed by atoms with Crippen LogP contribution in [-0.4, -0.2) is 14.5 Å². The van der Waals surface area contributed by atoms with Crippen LogP contribution in [0.2, 0.25) is 0 Å². The minimum atomic E-state index is -0.473. The second kappa shape index (κ2) is 10.2. The molecule has 0 N–H and O–H groups in total. The molecule has 8 aromatic rings. The van der Waals surface area contributed by atoms with Crippen LogP contribution in [0.5, 0.6) is 0 Å². The van der Waals surface area contributed by atoms with E-state index in [1.165, 1.54) is 54.5 Å². The minimum Gasteiger partial charge on any atom is -0.310 e. The van der Waals surface area contributed by atoms with Crippen molar-refractivity contribution in [2.24, 2.45) is 0 Å². The number of benzene rings is 5. The van der Waals surface area contributed by atoms with E-state index in [0.717, 1.165) is 33.3 Å². The van der Waals surface area contributed by atoms with Gasteiger partial charge in [-0.1, -0.05) is 83.6 Å². The van der Waals surface area contributed by atoms with Crippen molar-refractivity contribution in [1.82, 2.24) is 14.5 Å². The van der Waals surface area contributed by atoms with Crippen molar-refractivity contribution in [3.05, 3.63) is 179 Å². The Balaban J connectivity index is 1.30. The highest BCUT2D eigenvalue weighted by Crippen LogP contribution is 2.63. The van der Waals surface area contributed by atoms with Crippen LogP contribution in [0.3, 0.4) is 0 Å². The van der Waals surface area contributed by atoms with Gasteiger partial charge in [-0.15, -0.1) is 0 Å². The Morgan fingerprint density at radius 3 is 1.90 bits per heavy atom. The van der Waals surface area contributed by atoms with E-state index >= 15 is 0 Å². The van der Waals surface area contributed by atoms with E-state index in [9.17, 15) is 0 Å². The Labute approximate surface area is 283 Å². The van der Waals surface area contributed by atoms with Crippen molar-refractivity contribution in [3.63, 3.8) is 0 Å². The SMILES string of the molecule is Cc1ccc2c(c1)C1(c3ccccc3Sc3ccccc31)c1cc(C)ccc1N2c1ccc2c(c1)c1ncccc1n2-c1cccnc1. The number of pyridine rings is 2. The lowest BCUT2D eigenvalue weighted by atomic mass is 9.61. The summed E-state index contributed by atoms with van der Waals surface area (Å²) in [6, 6.07) is 47.1. The van der Waals surface area contributed by atoms with Crippen molar-refractivity contribution >= 4 is 50.8 Å². The van der Waals surface area contributed by atoms with Crippen LogP contribution in [0, 0.1) is 13.8 Å². The van der Waals surface area contributed by atoms with Crippen molar-refractivity contribution in [3.8, 4) is 5.69 Å². The molecule has 2 aliphatic heterocycles. The Kier molecular flexibility index (Phi) is 5.82. The van der Waals surface area contributed by atoms with Gasteiger partial charge in [-0.05, 0) is 103 Å². The first-order valence-corrected chi connectivity index (χ1v) is 17.1. The molecule has 5 heterocycles. The van der Waals surface area contributed by atoms with Crippen LogP contribution >= 0.6 is 11.8 Å². The lowest BCUT2D eigenvalue weighted by molar-refractivity contribution is 0.690. The van der Waals surface area contributed by atoms with E-state index in [-0.39, 0.29) is 0 Å². The zero-order valence-electron chi connectivity index (χ0n) is 26.6. The smallest absolute Gasteiger partial charge is 0.0964 e. The van der Waals surface area contributed by atoms with Gasteiger partial charge in [-0.2, -0.15) is 0 Å². The Bertz CT molecular complexity index is 2480. The summed E-state index contributed by atoms with van der Waals surface area (Å²) in [4.78, 5) is 14.4. The van der Waals surface area contributed by atoms with Crippen LogP contribution in [0.1, 0.15) is 33.4 Å². The third kappa shape index (κ3) is 3.68. The summed E-state index contributed by atoms with van der Waals surface area (Å²) in [5.41, 5.74) is 15.0. The first-order valence-electron chi connectivity index (χ1n) is 16.3. The van der Waals surface area contributed by atoms with Gasteiger partial charge in [0.15, 0.2) is 0 Å². The van der Waals surface area contributed by atoms with Gasteiger partial charge < -0.3 is 9.47 Å². The Hall–Kier alpha value is -5.65. The number of anilines is 3. The summed E-state index contributed by atoms with van der Waals surface area (Å²) in [5.74, 6) is 0. The maximum Gasteiger partial charge on any atom is 0.0964 e. The van der Waals surface area contributed by atoms with E-state index in [1.807, 2.05) is 42.5 Å². The standard InChI is InChI=1S/C43H30N4S/c1-27-15-18-37-34(23-27)43(32-10-3-5-13-40(32)48-41-14-6-4-11-33(41)43)35-24-28(2)16-19-38(35)46(37)29-17-20-36-31(25-29)42-39(12-8-22-45-42)47(36)30-9-7-21-44-26-30/h3-26H,1-2H3. The van der Waals surface area contributed by atoms with Crippen molar-refractivity contribution in [2.45, 2.75) is 29.1 Å². The highest BCUT2D eigenvalue weighted by Gasteiger charge is 2.50. The lowest BCUT2D eigenvalue weighted by Gasteiger charge is -2.49. The molecule has 2 aliphatic rings. The van der Waals surface area contributed by atoms with Gasteiger partial charge in [0, 0.05) is 33.3 Å². The monoisotopic (exact) mass is 634 g/mol. The van der Waals surface area contributed by atoms with Gasteiger partial charge in [-0.25, -0.2) is 0 Å². The summed E-state index contributed by atoms with van der Waals surface area (Å²) in [5, 5.41) is 1.11. The second-order valence-electron chi connectivity index (χ2n) is 12.8. The number of nitrogens with zero attached hydrogens (tertiary/aromatic N) is 4. The fourth-order valence-electron chi connectivity index (χ4n) is 8.14. The molecule has 228 valence electrons. The largest absolute Gasteiger partial charge is 0.310 e. The molecule has 4 nitrogen and oxygen atoms in total. The maximum absolute atomic E-state index is 4.91. The fourth-order valence-corrected chi connectivity index (χ4v) is 9.34. The molecule has 0 saturated heterocycles. The molecule has 10 rings (SSSR count). The number of aryl methyl sites for hydroxylation is 2. The summed E-state index contributed by atoms with van der Waals surface area (Å²) >= 11 is 1.88. The Morgan fingerprint density at radius 2 is 1.23 bits per heavy atom. The maximum atomic E-state index is 4.91. The molecule has 5 heteroatoms. The molecule has 48 heavy (non-hydrogen) atoms. The van der Waals surface area contributed by atoms with E-state index < -0.39 is 5.41 Å². The topological polar surface area (TPSA) is 34.0 Å². The number of aromatic nitrogens is 3. The average Bonchev–Trinajstić information content (AvgIpc) is 3.46. The van der Waals surface area contributed by atoms with E-state index in [2.05, 4.69) is 144 Å². The third-order valence-corrected chi connectivity index (χ3v) is 11.2. The second-order valence-corrected chi connectivity index (χ2v) is 13.9. The van der Waals surface area contributed by atoms with Crippen LogP contribution in [-0.2, 0) is 5.41 Å². The number of hydrogen-bond donors (Lipinski definition) is 0. The lowest BCUT2D eigenvalue weighted by Crippen LogP contribution is -2.39. The van der Waals surface area contributed by atoms with Crippen LogP contribution in [0.15, 0.2) is 156 Å². The van der Waals surface area contributed by atoms with E-state index in [4.69, 9.17) is 4.98 Å². The molecule has 0 fully saturated rings. The predicted octanol–water partition coefficient (Wildman–Crippen LogP) is 10.8. The van der Waals surface area contributed by atoms with E-state index in [0.29, 0.717) is 0 Å². The molecule has 1 spiro atoms. The highest BCUT2D eigenvalue weighted by molar-refractivity contribution is 7.99. The van der Waals surface area contributed by atoms with Crippen LogP contribution < -0.4 is 4.90 Å². The van der Waals surface area contributed by atoms with Gasteiger partial charge in [0.25, 0.3) is 0 Å². The normalized spacial score (nSPS) is 14.1. The fraction of sp³-hybridized carbons (Fsp3) is 0.0698. The summed E-state index contributed by atoms with van der Waals surface area (Å²) in [7, 11) is 0. The molecule has 0 radical (unpaired) electrons. The van der Waals surface area contributed by atoms with E-state index in [1.54, 1.807) is 0 Å². The number of hydrogen-bond acceptors (Lipinski definition) is 4. The van der Waals surface area contributed by atoms with Gasteiger partial charge in [0.05, 0.1) is 45.2 Å². The minimum absolute atomic E-state index is 0.473. The quantitative estimate of drug-likeness (QED) is 0.189. The average molecular weight is 635 g/mol. The molecule has 3 aromatic heterocycles. The van der Waals surface area contributed by atoms with Gasteiger partial charge in [0.2, 0.25) is 0 Å². The van der Waals surface area contributed by atoms with Crippen LogP contribution in [0.4, 0.5) is 17.1 Å². The molecule has 0 bridgehead atoms. The summed E-state index contributed by atoms with van der Waals surface area (Å²) in [6.45, 7) is 4.43. The first kappa shape index (κ1) is 27.5. The Morgan fingerprint density at radius 1 is 0.562 bits per heavy atom. The molecule has 0 amide bonds. The number of rotatable bonds is 2. The third-order valence-electron chi connectivity index (χ3n) is 10.1. The zero-order valence-corrected chi connectivity index (χ0v) is 27.4. The molecular formula is C43H30N4S. The molecule has 0 unspecified atom stereocenters. The van der Waals surface area contributed by atoms with Gasteiger partial charge >= 0.3 is 0 Å². The highest BCUT2D eigenvalue weighted by atomic mass is 32.2. The molecule has 5 aromatic carbocycles. The summed E-state index contributed by atoms with van der Waals surface area (Å²) in [6.07, 6.45) is 5.62. The van der Waals surface area contributed by atoms with Gasteiger partial charge in [0.1, 0.15) is 0 Å².